The Morgan fingerprint density at radius 2 is 1.74 bits per heavy atom. The molecule has 2 aliphatic rings. The average Bonchev–Trinajstić information content (AvgIpc) is 3.42. The maximum atomic E-state index is 12.6. The minimum atomic E-state index is -0.246. The summed E-state index contributed by atoms with van der Waals surface area (Å²) in [6, 6.07) is 16.2. The van der Waals surface area contributed by atoms with Gasteiger partial charge in [-0.1, -0.05) is 36.4 Å². The Balaban J connectivity index is 1.23. The quantitative estimate of drug-likeness (QED) is 0.315. The molecule has 1 saturated heterocycles. The number of carbonyl (C=O) groups excluding carboxylic acids is 1. The largest absolute Gasteiger partial charge is 0.495 e. The molecule has 3 N–H and O–H groups in total. The normalized spacial score (nSPS) is 20.2. The Morgan fingerprint density at radius 3 is 2.48 bits per heavy atom. The van der Waals surface area contributed by atoms with Crippen LogP contribution in [0.15, 0.2) is 60.9 Å². The van der Waals surface area contributed by atoms with Crippen molar-refractivity contribution in [2.75, 3.05) is 51.4 Å². The molecule has 2 fully saturated rings. The number of nitrogens with two attached hydrogens (primary N) is 1. The van der Waals surface area contributed by atoms with Crippen molar-refractivity contribution in [2.45, 2.75) is 37.8 Å². The van der Waals surface area contributed by atoms with E-state index < -0.39 is 0 Å². The molecule has 1 aliphatic heterocycles. The van der Waals surface area contributed by atoms with Gasteiger partial charge in [0.1, 0.15) is 23.6 Å². The lowest BCUT2D eigenvalue weighted by molar-refractivity contribution is -0.111. The van der Waals surface area contributed by atoms with Gasteiger partial charge in [-0.25, -0.2) is 14.6 Å². The molecule has 6 rings (SSSR count). The number of hydrogen-bond donors (Lipinski definition) is 2. The number of rotatable bonds is 7. The summed E-state index contributed by atoms with van der Waals surface area (Å²) in [5.74, 6) is 0.680. The van der Waals surface area contributed by atoms with Crippen LogP contribution >= 0.6 is 0 Å². The highest BCUT2D eigenvalue weighted by Gasteiger charge is 2.30. The predicted molar refractivity (Wildman–Crippen MR) is 166 cm³/mol. The number of carbonyl (C=O) groups is 1. The third kappa shape index (κ3) is 5.86. The van der Waals surface area contributed by atoms with Gasteiger partial charge in [0, 0.05) is 43.9 Å². The van der Waals surface area contributed by atoms with Gasteiger partial charge >= 0.3 is 0 Å². The molecular formula is C32H38N8O2. The van der Waals surface area contributed by atoms with Crippen molar-refractivity contribution in [1.82, 2.24) is 29.5 Å². The second kappa shape index (κ2) is 12.3. The molecule has 3 heterocycles. The number of likely N-dealkylation sites (N-methyl/N-ethyl adjacent to an activating group) is 1. The molecule has 1 aliphatic carbocycles. The fourth-order valence-electron chi connectivity index (χ4n) is 6.16. The summed E-state index contributed by atoms with van der Waals surface area (Å²) in [6.45, 7) is 4.57. The summed E-state index contributed by atoms with van der Waals surface area (Å²) in [7, 11) is 3.79. The Hall–Kier alpha value is -4.28. The van der Waals surface area contributed by atoms with E-state index in [2.05, 4.69) is 36.8 Å². The molecule has 0 unspecified atom stereocenters. The van der Waals surface area contributed by atoms with Crippen LogP contribution in [0.25, 0.3) is 28.4 Å². The first-order valence-corrected chi connectivity index (χ1v) is 14.6. The molecule has 42 heavy (non-hydrogen) atoms. The van der Waals surface area contributed by atoms with Crippen molar-refractivity contribution in [1.29, 1.82) is 0 Å². The van der Waals surface area contributed by atoms with Gasteiger partial charge in [-0.3, -0.25) is 9.69 Å². The van der Waals surface area contributed by atoms with Crippen molar-refractivity contribution in [2.24, 2.45) is 0 Å². The molecule has 2 aromatic carbocycles. The summed E-state index contributed by atoms with van der Waals surface area (Å²) in [6.07, 6.45) is 9.17. The number of piperazine rings is 1. The van der Waals surface area contributed by atoms with Crippen LogP contribution in [0.4, 0.5) is 11.5 Å². The maximum Gasteiger partial charge on any atom is 0.248 e. The van der Waals surface area contributed by atoms with Gasteiger partial charge < -0.3 is 20.7 Å². The van der Waals surface area contributed by atoms with E-state index >= 15 is 0 Å². The highest BCUT2D eigenvalue weighted by Crippen LogP contribution is 2.39. The zero-order valence-electron chi connectivity index (χ0n) is 24.2. The van der Waals surface area contributed by atoms with Crippen molar-refractivity contribution >= 4 is 34.5 Å². The Bertz CT molecular complexity index is 1570. The van der Waals surface area contributed by atoms with Gasteiger partial charge in [-0.2, -0.15) is 5.10 Å². The van der Waals surface area contributed by atoms with Gasteiger partial charge in [-0.05, 0) is 56.5 Å². The second-order valence-electron chi connectivity index (χ2n) is 11.2. The number of amides is 1. The number of nitrogens with zero attached hydrogens (tertiary/aromatic N) is 6. The standard InChI is InChI=1S/C32H38N8O2/c1-38-16-18-39(19-17-38)24-10-12-25(13-11-24)40-32-29(31(33)34-21-35-32)30(37-40)23-9-14-26(27(20-23)42-2)36-28(41)15-8-22-6-4-3-5-7-22/h3-9,14-15,20-21,24-25H,10-13,16-19H2,1-2H3,(H,36,41)(H2,33,34,35). The van der Waals surface area contributed by atoms with Gasteiger partial charge in [0.05, 0.1) is 24.2 Å². The van der Waals surface area contributed by atoms with Crippen LogP contribution in [0.5, 0.6) is 5.75 Å². The summed E-state index contributed by atoms with van der Waals surface area (Å²) >= 11 is 0. The van der Waals surface area contributed by atoms with E-state index in [1.807, 2.05) is 48.5 Å². The molecule has 0 bridgehead atoms. The van der Waals surface area contributed by atoms with Crippen molar-refractivity contribution in [3.8, 4) is 17.0 Å². The molecular weight excluding hydrogens is 528 g/mol. The molecule has 1 amide bonds. The van der Waals surface area contributed by atoms with Crippen LogP contribution in [0.3, 0.4) is 0 Å². The van der Waals surface area contributed by atoms with Crippen molar-refractivity contribution < 1.29 is 9.53 Å². The molecule has 218 valence electrons. The minimum absolute atomic E-state index is 0.246. The summed E-state index contributed by atoms with van der Waals surface area (Å²) < 4.78 is 7.72. The van der Waals surface area contributed by atoms with Crippen LogP contribution < -0.4 is 15.8 Å². The van der Waals surface area contributed by atoms with Crippen molar-refractivity contribution in [3.63, 3.8) is 0 Å². The van der Waals surface area contributed by atoms with E-state index in [4.69, 9.17) is 15.6 Å². The van der Waals surface area contributed by atoms with E-state index in [-0.39, 0.29) is 11.9 Å². The predicted octanol–water partition coefficient (Wildman–Crippen LogP) is 4.47. The topological polar surface area (TPSA) is 114 Å². The second-order valence-corrected chi connectivity index (χ2v) is 11.2. The van der Waals surface area contributed by atoms with Gasteiger partial charge in [0.15, 0.2) is 5.65 Å². The van der Waals surface area contributed by atoms with Crippen LogP contribution in [-0.4, -0.2) is 81.8 Å². The van der Waals surface area contributed by atoms with Gasteiger partial charge in [0.25, 0.3) is 0 Å². The molecule has 4 aromatic rings. The molecule has 2 aromatic heterocycles. The molecule has 0 spiro atoms. The molecule has 1 saturated carbocycles. The minimum Gasteiger partial charge on any atom is -0.495 e. The number of methoxy groups -OCH3 is 1. The summed E-state index contributed by atoms with van der Waals surface area (Å²) in [5.41, 5.74) is 10.2. The Labute approximate surface area is 246 Å². The third-order valence-electron chi connectivity index (χ3n) is 8.54. The molecule has 0 atom stereocenters. The summed E-state index contributed by atoms with van der Waals surface area (Å²) in [4.78, 5) is 26.6. The number of hydrogen-bond acceptors (Lipinski definition) is 8. The van der Waals surface area contributed by atoms with E-state index in [9.17, 15) is 4.79 Å². The van der Waals surface area contributed by atoms with E-state index in [0.717, 1.165) is 74.0 Å². The van der Waals surface area contributed by atoms with Gasteiger partial charge in [-0.15, -0.1) is 0 Å². The van der Waals surface area contributed by atoms with Crippen LogP contribution in [-0.2, 0) is 4.79 Å². The van der Waals surface area contributed by atoms with Gasteiger partial charge in [0.2, 0.25) is 5.91 Å². The smallest absolute Gasteiger partial charge is 0.248 e. The van der Waals surface area contributed by atoms with Crippen LogP contribution in [0.2, 0.25) is 0 Å². The first kappa shape index (κ1) is 27.9. The lowest BCUT2D eigenvalue weighted by atomic mass is 9.90. The SMILES string of the molecule is COc1cc(-c2nn(C3CCC(N4CCN(C)CC4)CC3)c3ncnc(N)c23)ccc1NC(=O)C=Cc1ccccc1. The average molecular weight is 567 g/mol. The zero-order valence-corrected chi connectivity index (χ0v) is 24.2. The lowest BCUT2D eigenvalue weighted by Crippen LogP contribution is -2.49. The number of anilines is 2. The van der Waals surface area contributed by atoms with E-state index in [0.29, 0.717) is 29.0 Å². The third-order valence-corrected chi connectivity index (χ3v) is 8.54. The fraction of sp³-hybridized carbons (Fsp3) is 0.375. The van der Waals surface area contributed by atoms with E-state index in [1.54, 1.807) is 13.2 Å². The monoisotopic (exact) mass is 566 g/mol. The van der Waals surface area contributed by atoms with Crippen molar-refractivity contribution in [3.05, 3.63) is 66.5 Å². The number of benzene rings is 2. The van der Waals surface area contributed by atoms with Crippen LogP contribution in [0, 0.1) is 0 Å². The number of nitrogen functional groups attached to an aromatic ring is 1. The fourth-order valence-corrected chi connectivity index (χ4v) is 6.16. The van der Waals surface area contributed by atoms with Crippen LogP contribution in [0.1, 0.15) is 37.3 Å². The lowest BCUT2D eigenvalue weighted by Gasteiger charge is -2.41. The number of ether oxygens (including phenoxy) is 1. The highest BCUT2D eigenvalue weighted by molar-refractivity contribution is 6.03. The number of nitrogens with one attached hydrogen (secondary N) is 1. The first-order chi connectivity index (χ1) is 20.5. The first-order valence-electron chi connectivity index (χ1n) is 14.6. The molecule has 10 heteroatoms. The molecule has 10 nitrogen and oxygen atoms in total. The Kier molecular flexibility index (Phi) is 8.16. The molecule has 0 radical (unpaired) electrons. The maximum absolute atomic E-state index is 12.6. The van der Waals surface area contributed by atoms with E-state index in [1.165, 1.54) is 12.4 Å². The zero-order chi connectivity index (χ0) is 29.1. The summed E-state index contributed by atoms with van der Waals surface area (Å²) in [5, 5.41) is 8.74. The number of fused-ring (bicyclic) bond motifs is 1. The Morgan fingerprint density at radius 1 is 1.00 bits per heavy atom. The highest BCUT2D eigenvalue weighted by atomic mass is 16.5. The number of aromatic nitrogens is 4.